The van der Waals surface area contributed by atoms with Crippen LogP contribution in [0.3, 0.4) is 0 Å². The van der Waals surface area contributed by atoms with Crippen LogP contribution in [0.15, 0.2) is 60.7 Å². The molecule has 0 spiro atoms. The molecule has 4 rings (SSSR count). The average Bonchev–Trinajstić information content (AvgIpc) is 3.07. The molecule has 2 aliphatic rings. The van der Waals surface area contributed by atoms with Gasteiger partial charge in [-0.2, -0.15) is 5.01 Å². The number of imide groups is 1. The first-order valence-electron chi connectivity index (χ1n) is 10.1. The summed E-state index contributed by atoms with van der Waals surface area (Å²) < 4.78 is 0. The molecule has 1 aliphatic carbocycles. The average molecular weight is 450 g/mol. The van der Waals surface area contributed by atoms with E-state index in [1.807, 2.05) is 12.2 Å². The minimum absolute atomic E-state index is 0.0520. The van der Waals surface area contributed by atoms with E-state index in [4.69, 9.17) is 0 Å². The topological polar surface area (TPSA) is 144 Å². The smallest absolute Gasteiger partial charge is 0.272 e. The molecule has 33 heavy (non-hydrogen) atoms. The Kier molecular flexibility index (Phi) is 5.69. The molecule has 11 heteroatoms. The lowest BCUT2D eigenvalue weighted by Crippen LogP contribution is -2.49. The summed E-state index contributed by atoms with van der Waals surface area (Å²) in [5, 5.41) is 23.7. The third-order valence-corrected chi connectivity index (χ3v) is 5.76. The van der Waals surface area contributed by atoms with E-state index in [1.54, 1.807) is 0 Å². The first kappa shape index (κ1) is 21.8. The van der Waals surface area contributed by atoms with E-state index >= 15 is 0 Å². The Morgan fingerprint density at radius 3 is 1.76 bits per heavy atom. The zero-order valence-corrected chi connectivity index (χ0v) is 17.2. The van der Waals surface area contributed by atoms with Crippen molar-refractivity contribution in [3.8, 4) is 0 Å². The SMILES string of the molecule is O=C(c1ccc([N+](=O)[O-])cc1)N(Cc1ccc([N+](=O)[O-])cc1)N1C(=O)[C@@H]2CC=CC[C@H]2C1=O. The predicted molar refractivity (Wildman–Crippen MR) is 113 cm³/mol. The van der Waals surface area contributed by atoms with Gasteiger partial charge in [0, 0.05) is 29.8 Å². The molecular weight excluding hydrogens is 432 g/mol. The van der Waals surface area contributed by atoms with E-state index < -0.39 is 39.4 Å². The summed E-state index contributed by atoms with van der Waals surface area (Å²) in [7, 11) is 0. The Bertz CT molecular complexity index is 1150. The largest absolute Gasteiger partial charge is 0.273 e. The van der Waals surface area contributed by atoms with E-state index in [9.17, 15) is 34.6 Å². The van der Waals surface area contributed by atoms with Crippen LogP contribution in [0.1, 0.15) is 28.8 Å². The number of hydrogen-bond acceptors (Lipinski definition) is 7. The molecule has 11 nitrogen and oxygen atoms in total. The standard InChI is InChI=1S/C22H18N4O7/c27-20(15-7-11-17(12-8-15)26(32)33)23(13-14-5-9-16(10-6-14)25(30)31)24-21(28)18-3-1-2-4-19(18)22(24)29/h1-2,5-12,18-19H,3-4,13H2/t18-,19-/m1/s1. The maximum absolute atomic E-state index is 13.4. The van der Waals surface area contributed by atoms with Gasteiger partial charge in [-0.3, -0.25) is 34.6 Å². The van der Waals surface area contributed by atoms with Crippen molar-refractivity contribution in [2.45, 2.75) is 19.4 Å². The molecular formula is C22H18N4O7. The number of allylic oxidation sites excluding steroid dienone is 2. The molecule has 2 atom stereocenters. The number of non-ortho nitro benzene ring substituents is 2. The number of benzene rings is 2. The lowest BCUT2D eigenvalue weighted by molar-refractivity contribution is -0.385. The Balaban J connectivity index is 1.69. The summed E-state index contributed by atoms with van der Waals surface area (Å²) in [5.41, 5.74) is 0.164. The van der Waals surface area contributed by atoms with Gasteiger partial charge in [0.1, 0.15) is 0 Å². The van der Waals surface area contributed by atoms with Crippen LogP contribution in [-0.4, -0.2) is 37.6 Å². The first-order chi connectivity index (χ1) is 15.8. The maximum Gasteiger partial charge on any atom is 0.273 e. The second-order valence-electron chi connectivity index (χ2n) is 7.73. The summed E-state index contributed by atoms with van der Waals surface area (Å²) in [6.45, 7) is -0.196. The number of amides is 3. The van der Waals surface area contributed by atoms with Crippen LogP contribution in [0.2, 0.25) is 0 Å². The lowest BCUT2D eigenvalue weighted by atomic mass is 9.85. The first-order valence-corrected chi connectivity index (χ1v) is 10.1. The number of nitrogens with zero attached hydrogens (tertiary/aromatic N) is 4. The van der Waals surface area contributed by atoms with Crippen molar-refractivity contribution in [2.24, 2.45) is 11.8 Å². The molecule has 2 aromatic rings. The molecule has 2 aromatic carbocycles. The number of hydrazine groups is 1. The van der Waals surface area contributed by atoms with Gasteiger partial charge in [-0.1, -0.05) is 24.3 Å². The zero-order chi connectivity index (χ0) is 23.7. The van der Waals surface area contributed by atoms with E-state index in [0.29, 0.717) is 18.4 Å². The van der Waals surface area contributed by atoms with E-state index in [0.717, 1.165) is 22.2 Å². The van der Waals surface area contributed by atoms with Gasteiger partial charge < -0.3 is 0 Å². The van der Waals surface area contributed by atoms with Gasteiger partial charge in [-0.25, -0.2) is 5.01 Å². The molecule has 0 bridgehead atoms. The molecule has 0 saturated carbocycles. The number of carbonyl (C=O) groups excluding carboxylic acids is 3. The quantitative estimate of drug-likeness (QED) is 0.285. The molecule has 0 aromatic heterocycles. The van der Waals surface area contributed by atoms with Gasteiger partial charge in [-0.05, 0) is 30.5 Å². The van der Waals surface area contributed by atoms with E-state index in [1.165, 1.54) is 36.4 Å². The fourth-order valence-electron chi connectivity index (χ4n) is 4.02. The van der Waals surface area contributed by atoms with Crippen molar-refractivity contribution < 1.29 is 24.2 Å². The van der Waals surface area contributed by atoms with Crippen molar-refractivity contribution in [2.75, 3.05) is 0 Å². The summed E-state index contributed by atoms with van der Waals surface area (Å²) in [6, 6.07) is 10.2. The van der Waals surface area contributed by atoms with Gasteiger partial charge in [0.25, 0.3) is 29.1 Å². The molecule has 1 saturated heterocycles. The highest BCUT2D eigenvalue weighted by atomic mass is 16.6. The van der Waals surface area contributed by atoms with Crippen LogP contribution in [0, 0.1) is 32.1 Å². The van der Waals surface area contributed by atoms with Gasteiger partial charge >= 0.3 is 0 Å². The van der Waals surface area contributed by atoms with E-state index in [2.05, 4.69) is 0 Å². The second-order valence-corrected chi connectivity index (χ2v) is 7.73. The Hall–Kier alpha value is -4.41. The molecule has 0 N–H and O–H groups in total. The lowest BCUT2D eigenvalue weighted by Gasteiger charge is -2.30. The van der Waals surface area contributed by atoms with Crippen molar-refractivity contribution in [1.29, 1.82) is 0 Å². The predicted octanol–water partition coefficient (Wildman–Crippen LogP) is 3.01. The van der Waals surface area contributed by atoms with Crippen LogP contribution >= 0.6 is 0 Å². The van der Waals surface area contributed by atoms with Crippen molar-refractivity contribution in [1.82, 2.24) is 10.0 Å². The zero-order valence-electron chi connectivity index (χ0n) is 17.2. The van der Waals surface area contributed by atoms with Crippen molar-refractivity contribution in [3.63, 3.8) is 0 Å². The van der Waals surface area contributed by atoms with Crippen LogP contribution in [0.5, 0.6) is 0 Å². The molecule has 0 unspecified atom stereocenters. The summed E-state index contributed by atoms with van der Waals surface area (Å²) in [5.74, 6) is -2.81. The third-order valence-electron chi connectivity index (χ3n) is 5.76. The number of hydrogen-bond donors (Lipinski definition) is 0. The highest BCUT2D eigenvalue weighted by Crippen LogP contribution is 2.36. The Labute approximate surface area is 187 Å². The van der Waals surface area contributed by atoms with Gasteiger partial charge in [0.2, 0.25) is 0 Å². The fraction of sp³-hybridized carbons (Fsp3) is 0.227. The van der Waals surface area contributed by atoms with Crippen LogP contribution in [0.4, 0.5) is 11.4 Å². The number of rotatable bonds is 6. The highest BCUT2D eigenvalue weighted by molar-refractivity contribution is 6.08. The minimum atomic E-state index is -0.698. The van der Waals surface area contributed by atoms with Gasteiger partial charge in [-0.15, -0.1) is 0 Å². The monoisotopic (exact) mass is 450 g/mol. The van der Waals surface area contributed by atoms with Crippen molar-refractivity contribution >= 4 is 29.1 Å². The minimum Gasteiger partial charge on any atom is -0.272 e. The summed E-state index contributed by atoms with van der Waals surface area (Å²) >= 11 is 0. The summed E-state index contributed by atoms with van der Waals surface area (Å²) in [6.07, 6.45) is 4.44. The Morgan fingerprint density at radius 2 is 1.30 bits per heavy atom. The molecule has 3 amide bonds. The van der Waals surface area contributed by atoms with Crippen LogP contribution in [0.25, 0.3) is 0 Å². The third kappa shape index (κ3) is 4.07. The molecule has 1 aliphatic heterocycles. The number of fused-ring (bicyclic) bond motifs is 1. The number of nitro benzene ring substituents is 2. The van der Waals surface area contributed by atoms with Crippen LogP contribution in [-0.2, 0) is 16.1 Å². The normalized spacial score (nSPS) is 19.3. The molecule has 168 valence electrons. The molecule has 1 fully saturated rings. The maximum atomic E-state index is 13.4. The fourth-order valence-corrected chi connectivity index (χ4v) is 4.02. The molecule has 0 radical (unpaired) electrons. The number of carbonyl (C=O) groups is 3. The van der Waals surface area contributed by atoms with Crippen LogP contribution < -0.4 is 0 Å². The second kappa shape index (κ2) is 8.61. The summed E-state index contributed by atoms with van der Waals surface area (Å²) in [4.78, 5) is 60.3. The molecule has 1 heterocycles. The number of nitro groups is 2. The van der Waals surface area contributed by atoms with Crippen molar-refractivity contribution in [3.05, 3.63) is 92.0 Å². The Morgan fingerprint density at radius 1 is 0.848 bits per heavy atom. The van der Waals surface area contributed by atoms with Gasteiger partial charge in [0.15, 0.2) is 0 Å². The highest BCUT2D eigenvalue weighted by Gasteiger charge is 2.50. The van der Waals surface area contributed by atoms with Gasteiger partial charge in [0.05, 0.1) is 28.2 Å². The van der Waals surface area contributed by atoms with E-state index in [-0.39, 0.29) is 23.5 Å².